The van der Waals surface area contributed by atoms with Gasteiger partial charge in [0.2, 0.25) is 11.8 Å². The molecule has 1 aliphatic heterocycles. The number of aromatic nitrogens is 2. The first-order valence-electron chi connectivity index (χ1n) is 10.0. The molecule has 0 aliphatic carbocycles. The maximum Gasteiger partial charge on any atom is 0.230 e. The second-order valence-corrected chi connectivity index (χ2v) is 7.73. The van der Waals surface area contributed by atoms with Gasteiger partial charge in [0.15, 0.2) is 0 Å². The molecular formula is C24H22N6O. The van der Waals surface area contributed by atoms with Crippen LogP contribution in [0.3, 0.4) is 0 Å². The minimum absolute atomic E-state index is 0.442. The average molecular weight is 410 g/mol. The highest BCUT2D eigenvalue weighted by molar-refractivity contribution is 5.57. The first kappa shape index (κ1) is 20.3. The largest absolute Gasteiger partial charge is 0.438 e. The van der Waals surface area contributed by atoms with Crippen LogP contribution in [0.5, 0.6) is 11.6 Å². The quantitative estimate of drug-likeness (QED) is 0.682. The standard InChI is InChI=1S/C24H22N6O/c1-15-10-18(13-26)11-16(2)22(15)31-23-20-8-9-30(3)14-21(20)28-24(29-23)27-19-6-4-17(12-25)5-7-19/h4-7,10-11H,8-9,14H2,1-3H3,(H,27,28,29). The lowest BCUT2D eigenvalue weighted by Gasteiger charge is -2.26. The number of aryl methyl sites for hydroxylation is 2. The summed E-state index contributed by atoms with van der Waals surface area (Å²) >= 11 is 0. The van der Waals surface area contributed by atoms with Gasteiger partial charge in [-0.2, -0.15) is 15.5 Å². The fourth-order valence-corrected chi connectivity index (χ4v) is 3.70. The second kappa shape index (κ2) is 8.43. The minimum atomic E-state index is 0.442. The summed E-state index contributed by atoms with van der Waals surface area (Å²) < 4.78 is 6.33. The Morgan fingerprint density at radius 1 is 1.00 bits per heavy atom. The van der Waals surface area contributed by atoms with Crippen LogP contribution >= 0.6 is 0 Å². The Hall–Kier alpha value is -3.94. The zero-order chi connectivity index (χ0) is 22.0. The van der Waals surface area contributed by atoms with Crippen LogP contribution in [-0.2, 0) is 13.0 Å². The van der Waals surface area contributed by atoms with Crippen molar-refractivity contribution in [3.63, 3.8) is 0 Å². The van der Waals surface area contributed by atoms with E-state index in [1.165, 1.54) is 0 Å². The van der Waals surface area contributed by atoms with Gasteiger partial charge in [0, 0.05) is 24.3 Å². The molecule has 0 bridgehead atoms. The molecule has 154 valence electrons. The maximum absolute atomic E-state index is 9.22. The molecule has 0 atom stereocenters. The topological polar surface area (TPSA) is 97.9 Å². The van der Waals surface area contributed by atoms with Crippen LogP contribution in [-0.4, -0.2) is 28.5 Å². The predicted octanol–water partition coefficient (Wildman–Crippen LogP) is 4.36. The number of fused-ring (bicyclic) bond motifs is 1. The van der Waals surface area contributed by atoms with E-state index in [0.29, 0.717) is 35.2 Å². The molecule has 2 heterocycles. The van der Waals surface area contributed by atoms with Crippen LogP contribution in [0.2, 0.25) is 0 Å². The average Bonchev–Trinajstić information content (AvgIpc) is 2.76. The summed E-state index contributed by atoms with van der Waals surface area (Å²) in [6.07, 6.45) is 0.798. The summed E-state index contributed by atoms with van der Waals surface area (Å²) in [6, 6.07) is 15.1. The lowest BCUT2D eigenvalue weighted by molar-refractivity contribution is 0.301. The lowest BCUT2D eigenvalue weighted by atomic mass is 10.1. The van der Waals surface area contributed by atoms with E-state index in [-0.39, 0.29) is 0 Å². The van der Waals surface area contributed by atoms with Crippen molar-refractivity contribution in [1.82, 2.24) is 14.9 Å². The highest BCUT2D eigenvalue weighted by Gasteiger charge is 2.23. The number of hydrogen-bond acceptors (Lipinski definition) is 7. The SMILES string of the molecule is Cc1cc(C#N)cc(C)c1Oc1nc(Nc2ccc(C#N)cc2)nc2c1CCN(C)C2. The third kappa shape index (κ3) is 4.32. The first-order chi connectivity index (χ1) is 15.0. The summed E-state index contributed by atoms with van der Waals surface area (Å²) in [7, 11) is 2.06. The zero-order valence-corrected chi connectivity index (χ0v) is 17.7. The Morgan fingerprint density at radius 3 is 2.32 bits per heavy atom. The van der Waals surface area contributed by atoms with Crippen LogP contribution in [0.4, 0.5) is 11.6 Å². The molecule has 2 aromatic carbocycles. The first-order valence-corrected chi connectivity index (χ1v) is 10.0. The van der Waals surface area contributed by atoms with Gasteiger partial charge in [-0.05, 0) is 74.8 Å². The Labute approximate surface area is 181 Å². The van der Waals surface area contributed by atoms with E-state index in [1.807, 2.05) is 38.1 Å². The smallest absolute Gasteiger partial charge is 0.230 e. The van der Waals surface area contributed by atoms with Crippen molar-refractivity contribution in [1.29, 1.82) is 10.5 Å². The normalized spacial score (nSPS) is 13.1. The lowest BCUT2D eigenvalue weighted by Crippen LogP contribution is -2.28. The molecule has 3 aromatic rings. The Bertz CT molecular complexity index is 1200. The van der Waals surface area contributed by atoms with E-state index < -0.39 is 0 Å². The summed E-state index contributed by atoms with van der Waals surface area (Å²) in [5.74, 6) is 1.69. The van der Waals surface area contributed by atoms with Crippen LogP contribution < -0.4 is 10.1 Å². The highest BCUT2D eigenvalue weighted by atomic mass is 16.5. The van der Waals surface area contributed by atoms with Gasteiger partial charge in [-0.1, -0.05) is 0 Å². The molecule has 1 aliphatic rings. The van der Waals surface area contributed by atoms with Crippen LogP contribution in [0.25, 0.3) is 0 Å². The molecule has 0 saturated heterocycles. The van der Waals surface area contributed by atoms with Gasteiger partial charge in [0.25, 0.3) is 0 Å². The molecule has 0 unspecified atom stereocenters. The number of ether oxygens (including phenoxy) is 1. The molecule has 0 spiro atoms. The number of nitrogens with zero attached hydrogens (tertiary/aromatic N) is 5. The van der Waals surface area contributed by atoms with Crippen LogP contribution in [0.15, 0.2) is 36.4 Å². The summed E-state index contributed by atoms with van der Waals surface area (Å²) in [4.78, 5) is 11.6. The molecule has 7 heteroatoms. The van der Waals surface area contributed by atoms with Gasteiger partial charge >= 0.3 is 0 Å². The highest BCUT2D eigenvalue weighted by Crippen LogP contribution is 2.34. The molecule has 1 N–H and O–H groups in total. The zero-order valence-electron chi connectivity index (χ0n) is 17.7. The van der Waals surface area contributed by atoms with Crippen molar-refractivity contribution >= 4 is 11.6 Å². The van der Waals surface area contributed by atoms with E-state index in [0.717, 1.165) is 41.0 Å². The van der Waals surface area contributed by atoms with E-state index in [1.54, 1.807) is 12.1 Å². The van der Waals surface area contributed by atoms with Crippen molar-refractivity contribution in [2.24, 2.45) is 0 Å². The van der Waals surface area contributed by atoms with Gasteiger partial charge in [0.05, 0.1) is 29.0 Å². The third-order valence-corrected chi connectivity index (χ3v) is 5.28. The van der Waals surface area contributed by atoms with Gasteiger partial charge in [0.1, 0.15) is 5.75 Å². The fourth-order valence-electron chi connectivity index (χ4n) is 3.70. The number of benzene rings is 2. The maximum atomic E-state index is 9.22. The number of nitriles is 2. The van der Waals surface area contributed by atoms with Crippen molar-refractivity contribution in [3.8, 4) is 23.8 Å². The van der Waals surface area contributed by atoms with Gasteiger partial charge in [-0.3, -0.25) is 0 Å². The molecule has 0 radical (unpaired) electrons. The molecular weight excluding hydrogens is 388 g/mol. The third-order valence-electron chi connectivity index (χ3n) is 5.28. The van der Waals surface area contributed by atoms with Crippen LogP contribution in [0.1, 0.15) is 33.5 Å². The second-order valence-electron chi connectivity index (χ2n) is 7.73. The number of hydrogen-bond donors (Lipinski definition) is 1. The van der Waals surface area contributed by atoms with Gasteiger partial charge in [-0.25, -0.2) is 4.98 Å². The Kier molecular flexibility index (Phi) is 5.53. The number of likely N-dealkylation sites (N-methyl/N-ethyl adjacent to an activating group) is 1. The molecule has 0 saturated carbocycles. The van der Waals surface area contributed by atoms with E-state index in [4.69, 9.17) is 15.0 Å². The molecule has 0 amide bonds. The fraction of sp³-hybridized carbons (Fsp3) is 0.250. The Morgan fingerprint density at radius 2 is 1.68 bits per heavy atom. The number of nitrogens with one attached hydrogen (secondary N) is 1. The van der Waals surface area contributed by atoms with E-state index >= 15 is 0 Å². The van der Waals surface area contributed by atoms with Crippen molar-refractivity contribution in [2.45, 2.75) is 26.8 Å². The van der Waals surface area contributed by atoms with Crippen LogP contribution in [0, 0.1) is 36.5 Å². The Balaban J connectivity index is 1.73. The molecule has 7 nitrogen and oxygen atoms in total. The molecule has 1 aromatic heterocycles. The van der Waals surface area contributed by atoms with E-state index in [9.17, 15) is 5.26 Å². The van der Waals surface area contributed by atoms with Gasteiger partial charge in [-0.15, -0.1) is 0 Å². The predicted molar refractivity (Wildman–Crippen MR) is 117 cm³/mol. The van der Waals surface area contributed by atoms with E-state index in [2.05, 4.69) is 34.4 Å². The monoisotopic (exact) mass is 410 g/mol. The van der Waals surface area contributed by atoms with Crippen molar-refractivity contribution < 1.29 is 4.74 Å². The van der Waals surface area contributed by atoms with Crippen molar-refractivity contribution in [3.05, 3.63) is 69.9 Å². The molecule has 4 rings (SSSR count). The number of anilines is 2. The molecule has 31 heavy (non-hydrogen) atoms. The van der Waals surface area contributed by atoms with Gasteiger partial charge < -0.3 is 15.0 Å². The summed E-state index contributed by atoms with van der Waals surface area (Å²) in [6.45, 7) is 5.48. The van der Waals surface area contributed by atoms with Crippen molar-refractivity contribution in [2.75, 3.05) is 18.9 Å². The minimum Gasteiger partial charge on any atom is -0.438 e. The summed E-state index contributed by atoms with van der Waals surface area (Å²) in [5, 5.41) is 21.4. The number of rotatable bonds is 4. The summed E-state index contributed by atoms with van der Waals surface area (Å²) in [5.41, 5.74) is 5.70. The molecule has 0 fully saturated rings.